The number of nitrogens with zero attached hydrogens (tertiary/aromatic N) is 4. The van der Waals surface area contributed by atoms with Gasteiger partial charge in [-0.15, -0.1) is 0 Å². The van der Waals surface area contributed by atoms with Crippen LogP contribution in [0.1, 0.15) is 17.0 Å². The molecule has 1 aliphatic heterocycles. The van der Waals surface area contributed by atoms with E-state index in [-0.39, 0.29) is 0 Å². The van der Waals surface area contributed by atoms with E-state index in [1.807, 2.05) is 30.6 Å². The van der Waals surface area contributed by atoms with Gasteiger partial charge in [-0.1, -0.05) is 6.07 Å². The SMILES string of the molecule is c1ccc(COC[C@@H]2CN(Cc3ccsc3)Cc3ccnn3C2)nc1. The lowest BCUT2D eigenvalue weighted by Crippen LogP contribution is -2.30. The summed E-state index contributed by atoms with van der Waals surface area (Å²) in [5.74, 6) is 0.420. The number of hydrogen-bond donors (Lipinski definition) is 0. The van der Waals surface area contributed by atoms with E-state index in [0.717, 1.165) is 38.5 Å². The Balaban J connectivity index is 1.40. The summed E-state index contributed by atoms with van der Waals surface area (Å²) >= 11 is 1.76. The van der Waals surface area contributed by atoms with Gasteiger partial charge >= 0.3 is 0 Å². The number of fused-ring (bicyclic) bond motifs is 1. The molecule has 0 radical (unpaired) electrons. The van der Waals surface area contributed by atoms with Gasteiger partial charge in [0.05, 0.1) is 24.6 Å². The summed E-state index contributed by atoms with van der Waals surface area (Å²) in [5.41, 5.74) is 3.64. The van der Waals surface area contributed by atoms with Gasteiger partial charge in [-0.25, -0.2) is 0 Å². The monoisotopic (exact) mass is 354 g/mol. The Labute approximate surface area is 151 Å². The first-order valence-electron chi connectivity index (χ1n) is 8.58. The molecule has 4 rings (SSSR count). The number of aromatic nitrogens is 3. The molecular formula is C19H22N4OS. The van der Waals surface area contributed by atoms with Crippen molar-refractivity contribution >= 4 is 11.3 Å². The van der Waals surface area contributed by atoms with Crippen LogP contribution in [0.15, 0.2) is 53.5 Å². The van der Waals surface area contributed by atoms with Crippen LogP contribution in [0.5, 0.6) is 0 Å². The van der Waals surface area contributed by atoms with Crippen molar-refractivity contribution in [3.63, 3.8) is 0 Å². The minimum atomic E-state index is 0.420. The lowest BCUT2D eigenvalue weighted by molar-refractivity contribution is 0.0640. The first kappa shape index (κ1) is 16.4. The van der Waals surface area contributed by atoms with Crippen molar-refractivity contribution in [3.05, 3.63) is 70.4 Å². The van der Waals surface area contributed by atoms with Crippen molar-refractivity contribution in [2.45, 2.75) is 26.2 Å². The van der Waals surface area contributed by atoms with Gasteiger partial charge in [0.25, 0.3) is 0 Å². The number of hydrogen-bond acceptors (Lipinski definition) is 5. The molecule has 0 unspecified atom stereocenters. The summed E-state index contributed by atoms with van der Waals surface area (Å²) in [5, 5.41) is 8.86. The topological polar surface area (TPSA) is 43.2 Å². The summed E-state index contributed by atoms with van der Waals surface area (Å²) in [6.07, 6.45) is 3.71. The normalized spacial score (nSPS) is 18.0. The molecule has 0 aliphatic carbocycles. The summed E-state index contributed by atoms with van der Waals surface area (Å²) in [6.45, 7) is 5.12. The molecule has 5 nitrogen and oxygen atoms in total. The zero-order valence-corrected chi connectivity index (χ0v) is 14.9. The van der Waals surface area contributed by atoms with Crippen LogP contribution >= 0.6 is 11.3 Å². The highest BCUT2D eigenvalue weighted by Gasteiger charge is 2.22. The Hall–Kier alpha value is -2.02. The average Bonchev–Trinajstić information content (AvgIpc) is 3.25. The van der Waals surface area contributed by atoms with Crippen LogP contribution in [0, 0.1) is 5.92 Å². The Kier molecular flexibility index (Phi) is 5.20. The highest BCUT2D eigenvalue weighted by Crippen LogP contribution is 2.19. The smallest absolute Gasteiger partial charge is 0.0887 e. The van der Waals surface area contributed by atoms with Crippen LogP contribution in [0.2, 0.25) is 0 Å². The van der Waals surface area contributed by atoms with Crippen LogP contribution in [-0.2, 0) is 31.0 Å². The molecule has 130 valence electrons. The number of pyridine rings is 1. The van der Waals surface area contributed by atoms with Gasteiger partial charge in [0.1, 0.15) is 0 Å². The van der Waals surface area contributed by atoms with E-state index in [0.29, 0.717) is 12.5 Å². The molecular weight excluding hydrogens is 332 g/mol. The summed E-state index contributed by atoms with van der Waals surface area (Å²) in [7, 11) is 0. The van der Waals surface area contributed by atoms with E-state index in [2.05, 4.69) is 42.6 Å². The van der Waals surface area contributed by atoms with E-state index in [1.165, 1.54) is 11.3 Å². The maximum atomic E-state index is 5.96. The third-order valence-corrected chi connectivity index (χ3v) is 5.19. The third kappa shape index (κ3) is 4.34. The molecule has 0 spiro atoms. The standard InChI is InChI=1S/C19H22N4OS/c1-2-6-20-18(3-1)14-24-13-17-10-22(9-16-5-8-25-15-16)12-19-4-7-21-23(19)11-17/h1-8,15,17H,9-14H2/t17-/m1/s1. The molecule has 4 heterocycles. The predicted octanol–water partition coefficient (Wildman–Crippen LogP) is 3.19. The lowest BCUT2D eigenvalue weighted by atomic mass is 10.1. The van der Waals surface area contributed by atoms with E-state index in [4.69, 9.17) is 4.74 Å². The minimum Gasteiger partial charge on any atom is -0.375 e. The Bertz CT molecular complexity index is 772. The van der Waals surface area contributed by atoms with Crippen molar-refractivity contribution in [3.8, 4) is 0 Å². The number of ether oxygens (including phenoxy) is 1. The molecule has 0 aromatic carbocycles. The van der Waals surface area contributed by atoms with Crippen molar-refractivity contribution < 1.29 is 4.74 Å². The quantitative estimate of drug-likeness (QED) is 0.682. The maximum Gasteiger partial charge on any atom is 0.0887 e. The first-order chi connectivity index (χ1) is 12.4. The van der Waals surface area contributed by atoms with Crippen LogP contribution in [0.3, 0.4) is 0 Å². The van der Waals surface area contributed by atoms with E-state index >= 15 is 0 Å². The van der Waals surface area contributed by atoms with E-state index in [1.54, 1.807) is 11.3 Å². The molecule has 6 heteroatoms. The fourth-order valence-corrected chi connectivity index (χ4v) is 3.96. The summed E-state index contributed by atoms with van der Waals surface area (Å²) in [4.78, 5) is 6.82. The summed E-state index contributed by atoms with van der Waals surface area (Å²) < 4.78 is 8.09. The second-order valence-corrected chi connectivity index (χ2v) is 7.29. The van der Waals surface area contributed by atoms with Crippen LogP contribution in [0.4, 0.5) is 0 Å². The molecule has 0 saturated heterocycles. The molecule has 1 atom stereocenters. The molecule has 3 aromatic heterocycles. The number of rotatable bonds is 6. The van der Waals surface area contributed by atoms with Gasteiger partial charge < -0.3 is 4.74 Å². The van der Waals surface area contributed by atoms with Crippen molar-refractivity contribution in [2.75, 3.05) is 13.2 Å². The van der Waals surface area contributed by atoms with Gasteiger partial charge in [-0.2, -0.15) is 16.4 Å². The first-order valence-corrected chi connectivity index (χ1v) is 9.53. The fraction of sp³-hybridized carbons (Fsp3) is 0.368. The van der Waals surface area contributed by atoms with Crippen LogP contribution < -0.4 is 0 Å². The molecule has 0 N–H and O–H groups in total. The van der Waals surface area contributed by atoms with Gasteiger partial charge in [0, 0.05) is 44.5 Å². The van der Waals surface area contributed by atoms with Crippen molar-refractivity contribution in [2.24, 2.45) is 5.92 Å². The Morgan fingerprint density at radius 1 is 1.16 bits per heavy atom. The molecule has 0 bridgehead atoms. The van der Waals surface area contributed by atoms with Crippen LogP contribution in [-0.4, -0.2) is 32.8 Å². The molecule has 0 fully saturated rings. The lowest BCUT2D eigenvalue weighted by Gasteiger charge is -2.23. The highest BCUT2D eigenvalue weighted by molar-refractivity contribution is 7.07. The summed E-state index contributed by atoms with van der Waals surface area (Å²) in [6, 6.07) is 10.3. The molecule has 25 heavy (non-hydrogen) atoms. The molecule has 0 amide bonds. The van der Waals surface area contributed by atoms with E-state index in [9.17, 15) is 0 Å². The molecule has 3 aromatic rings. The Morgan fingerprint density at radius 2 is 2.16 bits per heavy atom. The minimum absolute atomic E-state index is 0.420. The average molecular weight is 354 g/mol. The van der Waals surface area contributed by atoms with Gasteiger partial charge in [-0.05, 0) is 40.6 Å². The zero-order chi connectivity index (χ0) is 16.9. The van der Waals surface area contributed by atoms with Gasteiger partial charge in [0.15, 0.2) is 0 Å². The maximum absolute atomic E-state index is 5.96. The molecule has 0 saturated carbocycles. The second kappa shape index (κ2) is 7.91. The molecule has 1 aliphatic rings. The van der Waals surface area contributed by atoms with Gasteiger partial charge in [-0.3, -0.25) is 14.6 Å². The van der Waals surface area contributed by atoms with Crippen LogP contribution in [0.25, 0.3) is 0 Å². The second-order valence-electron chi connectivity index (χ2n) is 6.51. The fourth-order valence-electron chi connectivity index (χ4n) is 3.30. The number of thiophene rings is 1. The van der Waals surface area contributed by atoms with Gasteiger partial charge in [0.2, 0.25) is 0 Å². The van der Waals surface area contributed by atoms with E-state index < -0.39 is 0 Å². The highest BCUT2D eigenvalue weighted by atomic mass is 32.1. The largest absolute Gasteiger partial charge is 0.375 e. The van der Waals surface area contributed by atoms with Crippen molar-refractivity contribution in [1.29, 1.82) is 0 Å². The third-order valence-electron chi connectivity index (χ3n) is 4.45. The van der Waals surface area contributed by atoms with Crippen molar-refractivity contribution in [1.82, 2.24) is 19.7 Å². The predicted molar refractivity (Wildman–Crippen MR) is 98.0 cm³/mol. The Morgan fingerprint density at radius 3 is 3.00 bits per heavy atom. The zero-order valence-electron chi connectivity index (χ0n) is 14.1.